The van der Waals surface area contributed by atoms with Crippen LogP contribution >= 0.6 is 0 Å². The standard InChI is InChI=1S/C15H19NO/c1-11(2)5-8-15(17)13-6-7-14-12(10-13)4-3-9-16-14/h3-4,6-7,9-11,15,17H,5,8H2,1-2H3. The smallest absolute Gasteiger partial charge is 0.0790 e. The van der Waals surface area contributed by atoms with Crippen molar-refractivity contribution >= 4 is 10.9 Å². The van der Waals surface area contributed by atoms with Gasteiger partial charge >= 0.3 is 0 Å². The normalized spacial score (nSPS) is 13.2. The van der Waals surface area contributed by atoms with Gasteiger partial charge in [0.25, 0.3) is 0 Å². The third-order valence-corrected chi connectivity index (χ3v) is 3.03. The summed E-state index contributed by atoms with van der Waals surface area (Å²) in [6.07, 6.45) is 3.30. The molecule has 2 nitrogen and oxygen atoms in total. The summed E-state index contributed by atoms with van der Waals surface area (Å²) in [4.78, 5) is 4.27. The minimum atomic E-state index is -0.359. The van der Waals surface area contributed by atoms with E-state index in [0.717, 1.165) is 29.3 Å². The fourth-order valence-electron chi connectivity index (χ4n) is 1.96. The van der Waals surface area contributed by atoms with Gasteiger partial charge in [-0.05, 0) is 42.5 Å². The summed E-state index contributed by atoms with van der Waals surface area (Å²) in [5, 5.41) is 11.2. The molecule has 2 aromatic rings. The van der Waals surface area contributed by atoms with Gasteiger partial charge in [-0.3, -0.25) is 4.98 Å². The Morgan fingerprint density at radius 1 is 1.18 bits per heavy atom. The van der Waals surface area contributed by atoms with Gasteiger partial charge in [-0.1, -0.05) is 26.0 Å². The molecule has 0 amide bonds. The van der Waals surface area contributed by atoms with Gasteiger partial charge < -0.3 is 5.11 Å². The summed E-state index contributed by atoms with van der Waals surface area (Å²) in [6.45, 7) is 4.36. The number of rotatable bonds is 4. The van der Waals surface area contributed by atoms with E-state index >= 15 is 0 Å². The van der Waals surface area contributed by atoms with Crippen LogP contribution in [0.1, 0.15) is 38.4 Å². The van der Waals surface area contributed by atoms with Crippen LogP contribution in [0.2, 0.25) is 0 Å². The lowest BCUT2D eigenvalue weighted by Crippen LogP contribution is -2.00. The molecule has 1 atom stereocenters. The van der Waals surface area contributed by atoms with Crippen molar-refractivity contribution in [1.29, 1.82) is 0 Å². The van der Waals surface area contributed by atoms with Gasteiger partial charge in [0.2, 0.25) is 0 Å². The number of hydrogen-bond acceptors (Lipinski definition) is 2. The molecule has 0 radical (unpaired) electrons. The maximum absolute atomic E-state index is 10.1. The molecule has 0 saturated heterocycles. The largest absolute Gasteiger partial charge is 0.388 e. The van der Waals surface area contributed by atoms with Crippen molar-refractivity contribution in [1.82, 2.24) is 4.98 Å². The quantitative estimate of drug-likeness (QED) is 0.867. The summed E-state index contributed by atoms with van der Waals surface area (Å²) < 4.78 is 0. The molecule has 1 aromatic heterocycles. The fraction of sp³-hybridized carbons (Fsp3) is 0.400. The maximum atomic E-state index is 10.1. The van der Waals surface area contributed by atoms with Gasteiger partial charge in [-0.25, -0.2) is 0 Å². The van der Waals surface area contributed by atoms with Gasteiger partial charge in [-0.15, -0.1) is 0 Å². The lowest BCUT2D eigenvalue weighted by Gasteiger charge is -2.13. The van der Waals surface area contributed by atoms with E-state index in [2.05, 4.69) is 18.8 Å². The topological polar surface area (TPSA) is 33.1 Å². The molecule has 0 bridgehead atoms. The number of hydrogen-bond donors (Lipinski definition) is 1. The first-order chi connectivity index (χ1) is 8.16. The summed E-state index contributed by atoms with van der Waals surface area (Å²) in [5.41, 5.74) is 1.97. The van der Waals surface area contributed by atoms with Crippen LogP contribution < -0.4 is 0 Å². The molecular formula is C15H19NO. The van der Waals surface area contributed by atoms with Crippen LogP contribution in [0.4, 0.5) is 0 Å². The zero-order valence-electron chi connectivity index (χ0n) is 10.4. The second-order valence-electron chi connectivity index (χ2n) is 4.94. The van der Waals surface area contributed by atoms with E-state index in [-0.39, 0.29) is 6.10 Å². The number of aliphatic hydroxyl groups excluding tert-OH is 1. The fourth-order valence-corrected chi connectivity index (χ4v) is 1.96. The third kappa shape index (κ3) is 3.04. The summed E-state index contributed by atoms with van der Waals surface area (Å²) in [6, 6.07) is 9.94. The Kier molecular flexibility index (Phi) is 3.75. The lowest BCUT2D eigenvalue weighted by atomic mass is 9.99. The molecule has 0 saturated carbocycles. The molecule has 2 rings (SSSR count). The van der Waals surface area contributed by atoms with Gasteiger partial charge in [0.15, 0.2) is 0 Å². The maximum Gasteiger partial charge on any atom is 0.0790 e. The van der Waals surface area contributed by atoms with Crippen molar-refractivity contribution in [2.75, 3.05) is 0 Å². The Balaban J connectivity index is 2.18. The molecule has 0 aliphatic carbocycles. The first-order valence-corrected chi connectivity index (χ1v) is 6.19. The van der Waals surface area contributed by atoms with E-state index in [1.54, 1.807) is 6.20 Å². The van der Waals surface area contributed by atoms with E-state index < -0.39 is 0 Å². The van der Waals surface area contributed by atoms with Crippen LogP contribution in [-0.2, 0) is 0 Å². The van der Waals surface area contributed by atoms with Crippen LogP contribution in [0.25, 0.3) is 10.9 Å². The zero-order chi connectivity index (χ0) is 12.3. The second kappa shape index (κ2) is 5.28. The SMILES string of the molecule is CC(C)CCC(O)c1ccc2ncccc2c1. The lowest BCUT2D eigenvalue weighted by molar-refractivity contribution is 0.159. The number of aromatic nitrogens is 1. The molecule has 0 spiro atoms. The molecule has 0 aliphatic rings. The molecule has 1 N–H and O–H groups in total. The minimum Gasteiger partial charge on any atom is -0.388 e. The van der Waals surface area contributed by atoms with E-state index in [0.29, 0.717) is 5.92 Å². The first kappa shape index (κ1) is 12.1. The molecule has 1 aromatic carbocycles. The van der Waals surface area contributed by atoms with Gasteiger partial charge in [0.1, 0.15) is 0 Å². The summed E-state index contributed by atoms with van der Waals surface area (Å²) >= 11 is 0. The van der Waals surface area contributed by atoms with Gasteiger partial charge in [0.05, 0.1) is 11.6 Å². The van der Waals surface area contributed by atoms with E-state index in [1.165, 1.54) is 0 Å². The summed E-state index contributed by atoms with van der Waals surface area (Å²) in [7, 11) is 0. The van der Waals surface area contributed by atoms with Crippen LogP contribution in [0, 0.1) is 5.92 Å². The van der Waals surface area contributed by atoms with Crippen molar-refractivity contribution in [3.05, 3.63) is 42.1 Å². The number of benzene rings is 1. The molecule has 90 valence electrons. The highest BCUT2D eigenvalue weighted by molar-refractivity contribution is 5.78. The Bertz CT molecular complexity index is 493. The first-order valence-electron chi connectivity index (χ1n) is 6.19. The highest BCUT2D eigenvalue weighted by Crippen LogP contribution is 2.23. The Morgan fingerprint density at radius 2 is 2.00 bits per heavy atom. The predicted molar refractivity (Wildman–Crippen MR) is 70.8 cm³/mol. The van der Waals surface area contributed by atoms with Crippen LogP contribution in [0.5, 0.6) is 0 Å². The molecule has 1 unspecified atom stereocenters. The Hall–Kier alpha value is -1.41. The molecule has 2 heteroatoms. The average Bonchev–Trinajstić information content (AvgIpc) is 2.35. The third-order valence-electron chi connectivity index (χ3n) is 3.03. The van der Waals surface area contributed by atoms with Crippen molar-refractivity contribution < 1.29 is 5.11 Å². The van der Waals surface area contributed by atoms with E-state index in [4.69, 9.17) is 0 Å². The Labute approximate surface area is 102 Å². The minimum absolute atomic E-state index is 0.359. The highest BCUT2D eigenvalue weighted by Gasteiger charge is 2.09. The van der Waals surface area contributed by atoms with Crippen molar-refractivity contribution in [3.8, 4) is 0 Å². The van der Waals surface area contributed by atoms with Gasteiger partial charge in [-0.2, -0.15) is 0 Å². The van der Waals surface area contributed by atoms with Crippen molar-refractivity contribution in [2.45, 2.75) is 32.8 Å². The van der Waals surface area contributed by atoms with Crippen molar-refractivity contribution in [2.24, 2.45) is 5.92 Å². The highest BCUT2D eigenvalue weighted by atomic mass is 16.3. The monoisotopic (exact) mass is 229 g/mol. The van der Waals surface area contributed by atoms with Gasteiger partial charge in [0, 0.05) is 11.6 Å². The number of nitrogens with zero attached hydrogens (tertiary/aromatic N) is 1. The van der Waals surface area contributed by atoms with Crippen LogP contribution in [0.3, 0.4) is 0 Å². The second-order valence-corrected chi connectivity index (χ2v) is 4.94. The molecule has 0 aliphatic heterocycles. The van der Waals surface area contributed by atoms with Crippen LogP contribution in [0.15, 0.2) is 36.5 Å². The molecular weight excluding hydrogens is 210 g/mol. The van der Waals surface area contributed by atoms with E-state index in [9.17, 15) is 5.11 Å². The number of fused-ring (bicyclic) bond motifs is 1. The Morgan fingerprint density at radius 3 is 2.76 bits per heavy atom. The molecule has 1 heterocycles. The number of pyridine rings is 1. The predicted octanol–water partition coefficient (Wildman–Crippen LogP) is 3.70. The zero-order valence-corrected chi connectivity index (χ0v) is 10.4. The number of aliphatic hydroxyl groups is 1. The van der Waals surface area contributed by atoms with Crippen molar-refractivity contribution in [3.63, 3.8) is 0 Å². The summed E-state index contributed by atoms with van der Waals surface area (Å²) in [5.74, 6) is 0.631. The van der Waals surface area contributed by atoms with E-state index in [1.807, 2.05) is 30.3 Å². The average molecular weight is 229 g/mol. The van der Waals surface area contributed by atoms with Crippen LogP contribution in [-0.4, -0.2) is 10.1 Å². The molecule has 17 heavy (non-hydrogen) atoms. The molecule has 0 fully saturated rings.